The fourth-order valence-corrected chi connectivity index (χ4v) is 1.75. The van der Waals surface area contributed by atoms with Crippen molar-refractivity contribution in [1.29, 1.82) is 0 Å². The molecule has 1 aromatic rings. The van der Waals surface area contributed by atoms with Crippen molar-refractivity contribution in [2.45, 2.75) is 19.9 Å². The van der Waals surface area contributed by atoms with Crippen LogP contribution in [0.3, 0.4) is 0 Å². The van der Waals surface area contributed by atoms with Crippen LogP contribution in [-0.4, -0.2) is 24.7 Å². The van der Waals surface area contributed by atoms with Gasteiger partial charge in [0, 0.05) is 7.11 Å². The van der Waals surface area contributed by atoms with Crippen molar-refractivity contribution in [3.8, 4) is 0 Å². The number of nitrogens with one attached hydrogen (secondary N) is 2. The highest BCUT2D eigenvalue weighted by Crippen LogP contribution is 2.33. The predicted octanol–water partition coefficient (Wildman–Crippen LogP) is 1.96. The third-order valence-corrected chi connectivity index (χ3v) is 2.87. The zero-order valence-corrected chi connectivity index (χ0v) is 11.3. The molecule has 0 aromatic heterocycles. The van der Waals surface area contributed by atoms with E-state index in [9.17, 15) is 10.1 Å². The van der Waals surface area contributed by atoms with Gasteiger partial charge < -0.3 is 15.5 Å². The molecule has 0 aliphatic heterocycles. The first-order valence-corrected chi connectivity index (χ1v) is 6.00. The smallest absolute Gasteiger partial charge is 0.316 e. The number of anilines is 2. The molecule has 0 saturated carbocycles. The molecule has 7 nitrogen and oxygen atoms in total. The Kier molecular flexibility index (Phi) is 5.53. The van der Waals surface area contributed by atoms with E-state index >= 15 is 0 Å². The molecule has 106 valence electrons. The second kappa shape index (κ2) is 6.91. The van der Waals surface area contributed by atoms with Crippen molar-refractivity contribution < 1.29 is 9.66 Å². The Balaban J connectivity index is 3.08. The number of rotatable bonds is 7. The number of hydrazine groups is 1. The lowest BCUT2D eigenvalue weighted by Crippen LogP contribution is -2.30. The van der Waals surface area contributed by atoms with Crippen molar-refractivity contribution in [1.82, 2.24) is 0 Å². The number of nitrogens with two attached hydrogens (primary N) is 1. The Morgan fingerprint density at radius 3 is 2.53 bits per heavy atom. The van der Waals surface area contributed by atoms with E-state index in [-0.39, 0.29) is 23.3 Å². The summed E-state index contributed by atoms with van der Waals surface area (Å²) in [7, 11) is 1.60. The summed E-state index contributed by atoms with van der Waals surface area (Å²) in [6, 6.07) is 4.90. The Labute approximate surface area is 112 Å². The number of para-hydroxylation sites is 1. The zero-order valence-electron chi connectivity index (χ0n) is 11.3. The maximum Gasteiger partial charge on any atom is 0.316 e. The van der Waals surface area contributed by atoms with Gasteiger partial charge in [0.25, 0.3) is 0 Å². The van der Waals surface area contributed by atoms with Crippen LogP contribution >= 0.6 is 0 Å². The molecule has 1 rings (SSSR count). The van der Waals surface area contributed by atoms with E-state index in [1.165, 1.54) is 0 Å². The van der Waals surface area contributed by atoms with Gasteiger partial charge in [0.2, 0.25) is 0 Å². The molecule has 0 heterocycles. The quantitative estimate of drug-likeness (QED) is 0.397. The van der Waals surface area contributed by atoms with E-state index in [1.807, 2.05) is 13.8 Å². The third-order valence-electron chi connectivity index (χ3n) is 2.87. The molecule has 0 amide bonds. The Bertz CT molecular complexity index is 437. The number of nitro benzene ring substituents is 1. The summed E-state index contributed by atoms with van der Waals surface area (Å²) in [5, 5.41) is 14.3. The van der Waals surface area contributed by atoms with E-state index in [4.69, 9.17) is 10.6 Å². The van der Waals surface area contributed by atoms with Crippen LogP contribution < -0.4 is 16.6 Å². The van der Waals surface area contributed by atoms with E-state index in [0.717, 1.165) is 0 Å². The predicted molar refractivity (Wildman–Crippen MR) is 75.0 cm³/mol. The van der Waals surface area contributed by atoms with E-state index in [2.05, 4.69) is 10.7 Å². The normalized spacial score (nSPS) is 12.3. The molecule has 0 saturated heterocycles. The number of benzene rings is 1. The van der Waals surface area contributed by atoms with Gasteiger partial charge in [0.05, 0.1) is 17.6 Å². The van der Waals surface area contributed by atoms with Gasteiger partial charge in [0.1, 0.15) is 11.4 Å². The number of nitrogens with zero attached hydrogens (tertiary/aromatic N) is 1. The number of ether oxygens (including phenoxy) is 1. The van der Waals surface area contributed by atoms with Gasteiger partial charge in [-0.2, -0.15) is 0 Å². The number of methoxy groups -OCH3 is 1. The number of hydrogen-bond acceptors (Lipinski definition) is 6. The summed E-state index contributed by atoms with van der Waals surface area (Å²) >= 11 is 0. The van der Waals surface area contributed by atoms with Crippen molar-refractivity contribution >= 4 is 17.1 Å². The van der Waals surface area contributed by atoms with Crippen LogP contribution in [0.4, 0.5) is 17.1 Å². The third kappa shape index (κ3) is 3.80. The lowest BCUT2D eigenvalue weighted by Gasteiger charge is -2.23. The highest BCUT2D eigenvalue weighted by molar-refractivity contribution is 5.76. The number of nitro groups is 1. The molecule has 1 unspecified atom stereocenters. The molecule has 0 fully saturated rings. The largest absolute Gasteiger partial charge is 0.383 e. The van der Waals surface area contributed by atoms with E-state index in [1.54, 1.807) is 25.3 Å². The maximum absolute atomic E-state index is 11.1. The zero-order chi connectivity index (χ0) is 14.4. The van der Waals surface area contributed by atoms with Gasteiger partial charge in [-0.1, -0.05) is 19.9 Å². The first kappa shape index (κ1) is 15.2. The Morgan fingerprint density at radius 1 is 1.42 bits per heavy atom. The summed E-state index contributed by atoms with van der Waals surface area (Å²) < 4.78 is 5.12. The summed E-state index contributed by atoms with van der Waals surface area (Å²) in [5.74, 6) is 5.57. The maximum atomic E-state index is 11.1. The highest BCUT2D eigenvalue weighted by atomic mass is 16.6. The summed E-state index contributed by atoms with van der Waals surface area (Å²) in [4.78, 5) is 10.7. The molecule has 0 bridgehead atoms. The summed E-state index contributed by atoms with van der Waals surface area (Å²) in [5.41, 5.74) is 2.98. The lowest BCUT2D eigenvalue weighted by molar-refractivity contribution is -0.383. The van der Waals surface area contributed by atoms with Gasteiger partial charge in [-0.25, -0.2) is 0 Å². The summed E-state index contributed by atoms with van der Waals surface area (Å²) in [6.45, 7) is 4.51. The molecule has 0 radical (unpaired) electrons. The second-order valence-corrected chi connectivity index (χ2v) is 4.55. The minimum absolute atomic E-state index is 0.0169. The minimum Gasteiger partial charge on any atom is -0.383 e. The van der Waals surface area contributed by atoms with Crippen LogP contribution in [0.2, 0.25) is 0 Å². The Hall–Kier alpha value is -1.86. The molecular weight excluding hydrogens is 248 g/mol. The van der Waals surface area contributed by atoms with Crippen molar-refractivity contribution in [3.05, 3.63) is 28.3 Å². The first-order chi connectivity index (χ1) is 9.01. The molecule has 7 heteroatoms. The lowest BCUT2D eigenvalue weighted by atomic mass is 10.0. The monoisotopic (exact) mass is 268 g/mol. The van der Waals surface area contributed by atoms with Gasteiger partial charge in [0.15, 0.2) is 0 Å². The topological polar surface area (TPSA) is 102 Å². The van der Waals surface area contributed by atoms with E-state index < -0.39 is 4.92 Å². The standard InChI is InChI=1S/C12H20N4O3/c1-8(2)11(7-19-3)14-9-5-4-6-10(15-13)12(9)16(17)18/h4-6,8,11,14-15H,7,13H2,1-3H3. The van der Waals surface area contributed by atoms with Crippen molar-refractivity contribution in [3.63, 3.8) is 0 Å². The van der Waals surface area contributed by atoms with Gasteiger partial charge in [-0.15, -0.1) is 0 Å². The molecule has 4 N–H and O–H groups in total. The van der Waals surface area contributed by atoms with Gasteiger partial charge in [-0.3, -0.25) is 16.0 Å². The van der Waals surface area contributed by atoms with Gasteiger partial charge >= 0.3 is 5.69 Å². The van der Waals surface area contributed by atoms with Crippen LogP contribution in [0.1, 0.15) is 13.8 Å². The van der Waals surface area contributed by atoms with Crippen LogP contribution in [0.25, 0.3) is 0 Å². The average Bonchev–Trinajstić information content (AvgIpc) is 2.37. The van der Waals surface area contributed by atoms with E-state index in [0.29, 0.717) is 12.3 Å². The van der Waals surface area contributed by atoms with Crippen molar-refractivity contribution in [2.24, 2.45) is 11.8 Å². The van der Waals surface area contributed by atoms with Crippen LogP contribution in [0.15, 0.2) is 18.2 Å². The molecule has 1 aromatic carbocycles. The molecule has 0 aliphatic carbocycles. The van der Waals surface area contributed by atoms with Gasteiger partial charge in [-0.05, 0) is 18.1 Å². The fraction of sp³-hybridized carbons (Fsp3) is 0.500. The first-order valence-electron chi connectivity index (χ1n) is 6.00. The SMILES string of the molecule is COCC(Nc1cccc(NN)c1[N+](=O)[O-])C(C)C. The van der Waals surface area contributed by atoms with Crippen LogP contribution in [-0.2, 0) is 4.74 Å². The van der Waals surface area contributed by atoms with Crippen LogP contribution in [0.5, 0.6) is 0 Å². The molecular formula is C12H20N4O3. The average molecular weight is 268 g/mol. The minimum atomic E-state index is -0.457. The molecule has 1 atom stereocenters. The number of nitrogen functional groups attached to an aromatic ring is 1. The molecule has 0 spiro atoms. The number of hydrogen-bond donors (Lipinski definition) is 3. The Morgan fingerprint density at radius 2 is 2.05 bits per heavy atom. The highest BCUT2D eigenvalue weighted by Gasteiger charge is 2.22. The van der Waals surface area contributed by atoms with Crippen LogP contribution in [0, 0.1) is 16.0 Å². The molecule has 0 aliphatic rings. The fourth-order valence-electron chi connectivity index (χ4n) is 1.75. The molecule has 19 heavy (non-hydrogen) atoms. The summed E-state index contributed by atoms with van der Waals surface area (Å²) in [6.07, 6.45) is 0. The van der Waals surface area contributed by atoms with Crippen molar-refractivity contribution in [2.75, 3.05) is 24.5 Å². The second-order valence-electron chi connectivity index (χ2n) is 4.55.